The maximum absolute atomic E-state index is 12.6. The van der Waals surface area contributed by atoms with Gasteiger partial charge in [0.25, 0.3) is 0 Å². The van der Waals surface area contributed by atoms with Crippen LogP contribution in [0.15, 0.2) is 11.6 Å². The first-order chi connectivity index (χ1) is 13.0. The minimum Gasteiger partial charge on any atom is -0.353 e. The third-order valence-electron chi connectivity index (χ3n) is 9.24. The molecule has 0 N–H and O–H groups in total. The summed E-state index contributed by atoms with van der Waals surface area (Å²) in [5.74, 6) is 2.73. The van der Waals surface area contributed by atoms with Crippen LogP contribution in [-0.2, 0) is 14.3 Å². The van der Waals surface area contributed by atoms with Gasteiger partial charge in [0.2, 0.25) is 0 Å². The summed E-state index contributed by atoms with van der Waals surface area (Å²) in [6.45, 7) is 5.67. The number of allylic oxidation sites excluding steroid dienone is 1. The Bertz CT molecular complexity index is 634. The number of hydrogen-bond acceptors (Lipinski definition) is 3. The molecule has 4 fully saturated rings. The molecule has 4 aliphatic carbocycles. The number of Topliss-reactive ketones (excluding diaryl/α,β-unsaturated/α-hetero) is 1. The van der Waals surface area contributed by atoms with Crippen LogP contribution in [-0.4, -0.2) is 24.8 Å². The lowest BCUT2D eigenvalue weighted by Crippen LogP contribution is -2.51. The molecule has 0 spiro atoms. The summed E-state index contributed by atoms with van der Waals surface area (Å²) >= 11 is 0. The van der Waals surface area contributed by atoms with Crippen molar-refractivity contribution in [3.8, 4) is 0 Å². The van der Waals surface area contributed by atoms with Crippen molar-refractivity contribution in [2.75, 3.05) is 6.61 Å². The first-order valence-electron chi connectivity index (χ1n) is 11.5. The molecule has 0 radical (unpaired) electrons. The number of fused-ring (bicyclic) bond motifs is 5. The number of hydrogen-bond donors (Lipinski definition) is 0. The van der Waals surface area contributed by atoms with Crippen LogP contribution in [0.2, 0.25) is 0 Å². The van der Waals surface area contributed by atoms with Crippen LogP contribution in [0.3, 0.4) is 0 Å². The van der Waals surface area contributed by atoms with Crippen molar-refractivity contribution in [1.82, 2.24) is 0 Å². The second kappa shape index (κ2) is 6.69. The van der Waals surface area contributed by atoms with Crippen molar-refractivity contribution in [3.63, 3.8) is 0 Å². The Balaban J connectivity index is 1.34. The van der Waals surface area contributed by atoms with Crippen molar-refractivity contribution in [2.24, 2.45) is 28.6 Å². The highest BCUT2D eigenvalue weighted by Gasteiger charge is 2.58. The lowest BCUT2D eigenvalue weighted by Gasteiger charge is -2.57. The third-order valence-corrected chi connectivity index (χ3v) is 9.24. The van der Waals surface area contributed by atoms with Crippen LogP contribution in [0.5, 0.6) is 0 Å². The highest BCUT2D eigenvalue weighted by Crippen LogP contribution is 2.64. The molecule has 1 unspecified atom stereocenters. The SMILES string of the molecule is C[C@]12CC[C@H](OC3CCCCO3)C=C1CC[C@@H]1[C@@H]2CC[C@]2(C)C(=O)CC[C@@H]12. The van der Waals surface area contributed by atoms with Gasteiger partial charge in [0.15, 0.2) is 6.29 Å². The molecule has 0 aromatic heterocycles. The normalized spacial score (nSPS) is 49.8. The maximum Gasteiger partial charge on any atom is 0.158 e. The van der Waals surface area contributed by atoms with E-state index in [4.69, 9.17) is 9.47 Å². The Morgan fingerprint density at radius 3 is 2.59 bits per heavy atom. The predicted octanol–water partition coefficient (Wildman–Crippen LogP) is 5.43. The zero-order valence-electron chi connectivity index (χ0n) is 17.2. The maximum atomic E-state index is 12.6. The highest BCUT2D eigenvalue weighted by atomic mass is 16.7. The summed E-state index contributed by atoms with van der Waals surface area (Å²) in [5.41, 5.74) is 1.99. The highest BCUT2D eigenvalue weighted by molar-refractivity contribution is 5.87. The molecular weight excluding hydrogens is 336 g/mol. The number of rotatable bonds is 2. The van der Waals surface area contributed by atoms with Crippen LogP contribution in [0.4, 0.5) is 0 Å². The van der Waals surface area contributed by atoms with Crippen LogP contribution in [0.25, 0.3) is 0 Å². The fourth-order valence-corrected chi connectivity index (χ4v) is 7.59. The largest absolute Gasteiger partial charge is 0.353 e. The Morgan fingerprint density at radius 2 is 1.78 bits per heavy atom. The molecule has 0 aromatic rings. The van der Waals surface area contributed by atoms with E-state index in [-0.39, 0.29) is 17.8 Å². The molecule has 1 saturated heterocycles. The molecule has 5 aliphatic rings. The summed E-state index contributed by atoms with van der Waals surface area (Å²) in [6.07, 6.45) is 15.4. The molecule has 7 atom stereocenters. The number of ether oxygens (including phenoxy) is 2. The smallest absolute Gasteiger partial charge is 0.158 e. The van der Waals surface area contributed by atoms with Gasteiger partial charge in [-0.2, -0.15) is 0 Å². The quantitative estimate of drug-likeness (QED) is 0.606. The Hall–Kier alpha value is -0.670. The van der Waals surface area contributed by atoms with E-state index < -0.39 is 0 Å². The van der Waals surface area contributed by atoms with Gasteiger partial charge in [0.05, 0.1) is 6.10 Å². The average Bonchev–Trinajstić information content (AvgIpc) is 2.98. The molecule has 0 amide bonds. The molecule has 1 heterocycles. The first-order valence-corrected chi connectivity index (χ1v) is 11.5. The van der Waals surface area contributed by atoms with Gasteiger partial charge in [0.1, 0.15) is 5.78 Å². The Kier molecular flexibility index (Phi) is 4.55. The fourth-order valence-electron chi connectivity index (χ4n) is 7.59. The lowest BCUT2D eigenvalue weighted by molar-refractivity contribution is -0.183. The molecule has 1 aliphatic heterocycles. The third kappa shape index (κ3) is 2.87. The summed E-state index contributed by atoms with van der Waals surface area (Å²) in [6, 6.07) is 0. The lowest BCUT2D eigenvalue weighted by atomic mass is 9.47. The number of ketones is 1. The van der Waals surface area contributed by atoms with Gasteiger partial charge in [0, 0.05) is 18.4 Å². The molecule has 0 aromatic carbocycles. The van der Waals surface area contributed by atoms with Gasteiger partial charge in [-0.3, -0.25) is 4.79 Å². The molecule has 5 rings (SSSR count). The van der Waals surface area contributed by atoms with E-state index in [1.165, 1.54) is 38.5 Å². The Morgan fingerprint density at radius 1 is 0.963 bits per heavy atom. The molecule has 150 valence electrons. The number of carbonyl (C=O) groups is 1. The fraction of sp³-hybridized carbons (Fsp3) is 0.875. The first kappa shape index (κ1) is 18.4. The van der Waals surface area contributed by atoms with Crippen molar-refractivity contribution in [2.45, 2.75) is 96.9 Å². The summed E-state index contributed by atoms with van der Waals surface area (Å²) in [4.78, 5) is 12.6. The topological polar surface area (TPSA) is 35.5 Å². The monoisotopic (exact) mass is 372 g/mol. The van der Waals surface area contributed by atoms with Gasteiger partial charge < -0.3 is 9.47 Å². The van der Waals surface area contributed by atoms with Crippen LogP contribution in [0.1, 0.15) is 84.5 Å². The van der Waals surface area contributed by atoms with E-state index in [0.29, 0.717) is 17.1 Å². The zero-order chi connectivity index (χ0) is 18.6. The molecule has 3 heteroatoms. The van der Waals surface area contributed by atoms with Crippen molar-refractivity contribution in [1.29, 1.82) is 0 Å². The predicted molar refractivity (Wildman–Crippen MR) is 105 cm³/mol. The summed E-state index contributed by atoms with van der Waals surface area (Å²) in [5, 5.41) is 0. The Labute approximate surface area is 164 Å². The molecular formula is C24H36O3. The molecule has 0 bridgehead atoms. The van der Waals surface area contributed by atoms with E-state index in [1.807, 2.05) is 0 Å². The van der Waals surface area contributed by atoms with Crippen LogP contribution < -0.4 is 0 Å². The van der Waals surface area contributed by atoms with Crippen LogP contribution >= 0.6 is 0 Å². The van der Waals surface area contributed by atoms with Gasteiger partial charge in [-0.1, -0.05) is 25.5 Å². The number of carbonyl (C=O) groups excluding carboxylic acids is 1. The van der Waals surface area contributed by atoms with E-state index >= 15 is 0 Å². The zero-order valence-corrected chi connectivity index (χ0v) is 17.2. The summed E-state index contributed by atoms with van der Waals surface area (Å²) < 4.78 is 12.1. The van der Waals surface area contributed by atoms with Crippen LogP contribution in [0, 0.1) is 28.6 Å². The van der Waals surface area contributed by atoms with E-state index in [2.05, 4.69) is 19.9 Å². The van der Waals surface area contributed by atoms with Crippen molar-refractivity contribution >= 4 is 5.78 Å². The average molecular weight is 373 g/mol. The summed E-state index contributed by atoms with van der Waals surface area (Å²) in [7, 11) is 0. The standard InChI is InChI=1S/C24H36O3/c1-23-12-10-17(27-22-5-3-4-14-26-22)15-16(23)6-7-18-19-8-9-21(25)24(19,2)13-11-20(18)23/h15,17-20,22H,3-14H2,1-2H3/t17-,18-,19-,20-,22?,23-,24-/m0/s1. The minimum atomic E-state index is -0.00260. The second-order valence-corrected chi connectivity index (χ2v) is 10.5. The van der Waals surface area contributed by atoms with Gasteiger partial charge in [-0.25, -0.2) is 0 Å². The van der Waals surface area contributed by atoms with Gasteiger partial charge in [-0.15, -0.1) is 0 Å². The molecule has 3 nitrogen and oxygen atoms in total. The minimum absolute atomic E-state index is 0.00260. The van der Waals surface area contributed by atoms with E-state index in [1.54, 1.807) is 5.57 Å². The van der Waals surface area contributed by atoms with E-state index in [0.717, 1.165) is 50.5 Å². The van der Waals surface area contributed by atoms with Crippen molar-refractivity contribution < 1.29 is 14.3 Å². The van der Waals surface area contributed by atoms with Crippen molar-refractivity contribution in [3.05, 3.63) is 11.6 Å². The molecule has 27 heavy (non-hydrogen) atoms. The second-order valence-electron chi connectivity index (χ2n) is 10.5. The van der Waals surface area contributed by atoms with E-state index in [9.17, 15) is 4.79 Å². The molecule has 3 saturated carbocycles. The van der Waals surface area contributed by atoms with Gasteiger partial charge in [-0.05, 0) is 87.4 Å². The van der Waals surface area contributed by atoms with Gasteiger partial charge >= 0.3 is 0 Å².